The van der Waals surface area contributed by atoms with Gasteiger partial charge in [-0.2, -0.15) is 11.8 Å². The first-order chi connectivity index (χ1) is 8.27. The van der Waals surface area contributed by atoms with Crippen LogP contribution < -0.4 is 10.6 Å². The van der Waals surface area contributed by atoms with E-state index in [0.717, 1.165) is 23.6 Å². The third-order valence-corrected chi connectivity index (χ3v) is 3.86. The van der Waals surface area contributed by atoms with Gasteiger partial charge in [0.05, 0.1) is 12.1 Å². The highest BCUT2D eigenvalue weighted by atomic mass is 32.2. The maximum atomic E-state index is 12.0. The summed E-state index contributed by atoms with van der Waals surface area (Å²) in [6.45, 7) is 2.90. The van der Waals surface area contributed by atoms with Gasteiger partial charge in [-0.3, -0.25) is 9.78 Å². The Bertz CT molecular complexity index is 365. The van der Waals surface area contributed by atoms with E-state index >= 15 is 0 Å². The summed E-state index contributed by atoms with van der Waals surface area (Å²) in [5.41, 5.74) is 1.08. The molecule has 92 valence electrons. The van der Waals surface area contributed by atoms with Crippen molar-refractivity contribution in [1.82, 2.24) is 15.6 Å². The summed E-state index contributed by atoms with van der Waals surface area (Å²) >= 11 is 1.82. The molecule has 17 heavy (non-hydrogen) atoms. The molecule has 1 aliphatic rings. The van der Waals surface area contributed by atoms with Gasteiger partial charge in [0.15, 0.2) is 0 Å². The summed E-state index contributed by atoms with van der Waals surface area (Å²) < 4.78 is 0. The largest absolute Gasteiger partial charge is 0.348 e. The van der Waals surface area contributed by atoms with Crippen molar-refractivity contribution in [2.75, 3.05) is 18.1 Å². The molecule has 5 heteroatoms. The minimum Gasteiger partial charge on any atom is -0.348 e. The van der Waals surface area contributed by atoms with Gasteiger partial charge >= 0.3 is 0 Å². The molecule has 4 nitrogen and oxygen atoms in total. The smallest absolute Gasteiger partial charge is 0.238 e. The summed E-state index contributed by atoms with van der Waals surface area (Å²) in [4.78, 5) is 15.9. The minimum atomic E-state index is -0.0574. The SMILES string of the molecule is C[C@@H](NC(=O)C1CSCCN1)c1ccncc1. The van der Waals surface area contributed by atoms with Crippen molar-refractivity contribution in [3.63, 3.8) is 0 Å². The van der Waals surface area contributed by atoms with Gasteiger partial charge < -0.3 is 10.6 Å². The summed E-state index contributed by atoms with van der Waals surface area (Å²) in [5, 5.41) is 6.25. The van der Waals surface area contributed by atoms with E-state index in [1.807, 2.05) is 30.8 Å². The van der Waals surface area contributed by atoms with Crippen LogP contribution in [0, 0.1) is 0 Å². The number of nitrogens with zero attached hydrogens (tertiary/aromatic N) is 1. The summed E-state index contributed by atoms with van der Waals surface area (Å²) in [6, 6.07) is 3.82. The van der Waals surface area contributed by atoms with Crippen LogP contribution >= 0.6 is 11.8 Å². The van der Waals surface area contributed by atoms with Gasteiger partial charge in [-0.15, -0.1) is 0 Å². The molecule has 0 spiro atoms. The fourth-order valence-corrected chi connectivity index (χ4v) is 2.72. The Kier molecular flexibility index (Phi) is 4.39. The van der Waals surface area contributed by atoms with Gasteiger partial charge in [-0.25, -0.2) is 0 Å². The van der Waals surface area contributed by atoms with E-state index in [-0.39, 0.29) is 18.0 Å². The minimum absolute atomic E-state index is 0.0271. The Hall–Kier alpha value is -1.07. The molecular formula is C12H17N3OS. The van der Waals surface area contributed by atoms with Crippen molar-refractivity contribution in [3.05, 3.63) is 30.1 Å². The Labute approximate surface area is 106 Å². The fourth-order valence-electron chi connectivity index (χ4n) is 1.78. The van der Waals surface area contributed by atoms with E-state index in [1.165, 1.54) is 0 Å². The number of pyridine rings is 1. The van der Waals surface area contributed by atoms with Crippen molar-refractivity contribution in [3.8, 4) is 0 Å². The maximum Gasteiger partial charge on any atom is 0.238 e. The lowest BCUT2D eigenvalue weighted by Gasteiger charge is -2.24. The van der Waals surface area contributed by atoms with E-state index in [2.05, 4.69) is 15.6 Å². The molecule has 1 fully saturated rings. The van der Waals surface area contributed by atoms with Crippen molar-refractivity contribution in [2.24, 2.45) is 0 Å². The lowest BCUT2D eigenvalue weighted by molar-refractivity contribution is -0.123. The van der Waals surface area contributed by atoms with E-state index in [1.54, 1.807) is 12.4 Å². The number of hydrogen-bond donors (Lipinski definition) is 2. The number of nitrogens with one attached hydrogen (secondary N) is 2. The second kappa shape index (κ2) is 6.02. The third kappa shape index (κ3) is 3.44. The average Bonchev–Trinajstić information content (AvgIpc) is 2.40. The molecule has 1 amide bonds. The van der Waals surface area contributed by atoms with Gasteiger partial charge in [0.1, 0.15) is 0 Å². The molecule has 2 rings (SSSR count). The zero-order chi connectivity index (χ0) is 12.1. The van der Waals surface area contributed by atoms with Gasteiger partial charge in [-0.05, 0) is 24.6 Å². The number of hydrogen-bond acceptors (Lipinski definition) is 4. The van der Waals surface area contributed by atoms with E-state index in [0.29, 0.717) is 0 Å². The second-order valence-corrected chi connectivity index (χ2v) is 5.24. The molecule has 1 aliphatic heterocycles. The number of aromatic nitrogens is 1. The maximum absolute atomic E-state index is 12.0. The zero-order valence-corrected chi connectivity index (χ0v) is 10.7. The quantitative estimate of drug-likeness (QED) is 0.840. The number of carbonyl (C=O) groups excluding carboxylic acids is 1. The summed E-state index contributed by atoms with van der Waals surface area (Å²) in [5.74, 6) is 2.03. The van der Waals surface area contributed by atoms with Crippen LogP contribution in [0.25, 0.3) is 0 Å². The van der Waals surface area contributed by atoms with Crippen molar-refractivity contribution in [1.29, 1.82) is 0 Å². The van der Waals surface area contributed by atoms with Crippen molar-refractivity contribution >= 4 is 17.7 Å². The van der Waals surface area contributed by atoms with Gasteiger partial charge in [0.2, 0.25) is 5.91 Å². The molecule has 1 aromatic rings. The van der Waals surface area contributed by atoms with E-state index in [4.69, 9.17) is 0 Å². The molecule has 2 atom stereocenters. The first kappa shape index (κ1) is 12.4. The fraction of sp³-hybridized carbons (Fsp3) is 0.500. The monoisotopic (exact) mass is 251 g/mol. The molecule has 1 aromatic heterocycles. The third-order valence-electron chi connectivity index (χ3n) is 2.80. The Morgan fingerprint density at radius 2 is 2.35 bits per heavy atom. The standard InChI is InChI=1S/C12H17N3OS/c1-9(10-2-4-13-5-3-10)15-12(16)11-8-17-7-6-14-11/h2-5,9,11,14H,6-8H2,1H3,(H,15,16)/t9-,11?/m1/s1. The predicted octanol–water partition coefficient (Wildman–Crippen LogP) is 0.964. The Morgan fingerprint density at radius 1 is 1.59 bits per heavy atom. The lowest BCUT2D eigenvalue weighted by Crippen LogP contribution is -2.49. The van der Waals surface area contributed by atoms with Crippen molar-refractivity contribution < 1.29 is 4.79 Å². The van der Waals surface area contributed by atoms with Crippen LogP contribution in [0.4, 0.5) is 0 Å². The van der Waals surface area contributed by atoms with Gasteiger partial charge in [0, 0.05) is 30.4 Å². The first-order valence-corrected chi connectivity index (χ1v) is 6.94. The Balaban J connectivity index is 1.89. The highest BCUT2D eigenvalue weighted by Crippen LogP contribution is 2.12. The van der Waals surface area contributed by atoms with Crippen LogP contribution in [0.3, 0.4) is 0 Å². The van der Waals surface area contributed by atoms with Crippen LogP contribution in [0.2, 0.25) is 0 Å². The van der Waals surface area contributed by atoms with Crippen LogP contribution in [0.5, 0.6) is 0 Å². The topological polar surface area (TPSA) is 54.0 Å². The number of amides is 1. The lowest BCUT2D eigenvalue weighted by atomic mass is 10.1. The second-order valence-electron chi connectivity index (χ2n) is 4.09. The van der Waals surface area contributed by atoms with Gasteiger partial charge in [0.25, 0.3) is 0 Å². The Morgan fingerprint density at radius 3 is 3.00 bits per heavy atom. The van der Waals surface area contributed by atoms with Crippen LogP contribution in [0.15, 0.2) is 24.5 Å². The molecule has 0 aliphatic carbocycles. The zero-order valence-electron chi connectivity index (χ0n) is 9.85. The summed E-state index contributed by atoms with van der Waals surface area (Å²) in [7, 11) is 0. The first-order valence-electron chi connectivity index (χ1n) is 5.79. The number of thioether (sulfide) groups is 1. The number of carbonyl (C=O) groups is 1. The molecule has 2 N–H and O–H groups in total. The van der Waals surface area contributed by atoms with E-state index < -0.39 is 0 Å². The van der Waals surface area contributed by atoms with Gasteiger partial charge in [-0.1, -0.05) is 0 Å². The molecule has 1 unspecified atom stereocenters. The molecule has 2 heterocycles. The highest BCUT2D eigenvalue weighted by molar-refractivity contribution is 7.99. The number of rotatable bonds is 3. The normalized spacial score (nSPS) is 21.8. The molecule has 0 radical (unpaired) electrons. The van der Waals surface area contributed by atoms with Crippen molar-refractivity contribution in [2.45, 2.75) is 19.0 Å². The van der Waals surface area contributed by atoms with Crippen LogP contribution in [0.1, 0.15) is 18.5 Å². The molecular weight excluding hydrogens is 234 g/mol. The molecule has 0 bridgehead atoms. The highest BCUT2D eigenvalue weighted by Gasteiger charge is 2.22. The molecule has 1 saturated heterocycles. The van der Waals surface area contributed by atoms with Crippen LogP contribution in [-0.2, 0) is 4.79 Å². The predicted molar refractivity (Wildman–Crippen MR) is 69.9 cm³/mol. The van der Waals surface area contributed by atoms with E-state index in [9.17, 15) is 4.79 Å². The molecule has 0 saturated carbocycles. The van der Waals surface area contributed by atoms with Crippen LogP contribution in [-0.4, -0.2) is 35.0 Å². The average molecular weight is 251 g/mol. The summed E-state index contributed by atoms with van der Waals surface area (Å²) in [6.07, 6.45) is 3.49. The molecule has 0 aromatic carbocycles.